The Hall–Kier alpha value is -1.51. The first kappa shape index (κ1) is 10.6. The SMILES string of the molecule is CC(C)(C)c1ncc(C=CC=O)cn1. The molecule has 1 rings (SSSR count). The van der Waals surface area contributed by atoms with Crippen molar-refractivity contribution in [1.29, 1.82) is 0 Å². The number of aromatic nitrogens is 2. The third-order valence-electron chi connectivity index (χ3n) is 1.71. The lowest BCUT2D eigenvalue weighted by molar-refractivity contribution is -0.104. The molecule has 0 aliphatic rings. The van der Waals surface area contributed by atoms with E-state index in [9.17, 15) is 4.79 Å². The van der Waals surface area contributed by atoms with Crippen molar-refractivity contribution >= 4 is 12.4 Å². The Labute approximate surface area is 83.9 Å². The number of hydrogen-bond donors (Lipinski definition) is 0. The number of hydrogen-bond acceptors (Lipinski definition) is 3. The van der Waals surface area contributed by atoms with Gasteiger partial charge in [0.05, 0.1) is 0 Å². The summed E-state index contributed by atoms with van der Waals surface area (Å²) in [6, 6.07) is 0. The summed E-state index contributed by atoms with van der Waals surface area (Å²) in [5.74, 6) is 0.806. The van der Waals surface area contributed by atoms with Crippen LogP contribution < -0.4 is 0 Å². The van der Waals surface area contributed by atoms with E-state index in [2.05, 4.69) is 30.7 Å². The molecule has 0 saturated carbocycles. The van der Waals surface area contributed by atoms with E-state index >= 15 is 0 Å². The summed E-state index contributed by atoms with van der Waals surface area (Å²) >= 11 is 0. The van der Waals surface area contributed by atoms with Gasteiger partial charge in [-0.3, -0.25) is 4.79 Å². The third kappa shape index (κ3) is 2.76. The van der Waals surface area contributed by atoms with Crippen LogP contribution in [0.1, 0.15) is 32.2 Å². The van der Waals surface area contributed by atoms with Crippen LogP contribution in [0.2, 0.25) is 0 Å². The van der Waals surface area contributed by atoms with Crippen molar-refractivity contribution < 1.29 is 4.79 Å². The fourth-order valence-corrected chi connectivity index (χ4v) is 0.962. The number of carbonyl (C=O) groups is 1. The first-order chi connectivity index (χ1) is 6.54. The molecule has 3 heteroatoms. The average Bonchev–Trinajstić information content (AvgIpc) is 2.14. The highest BCUT2D eigenvalue weighted by atomic mass is 16.1. The van der Waals surface area contributed by atoms with Crippen molar-refractivity contribution in [2.45, 2.75) is 26.2 Å². The molecule has 74 valence electrons. The van der Waals surface area contributed by atoms with Gasteiger partial charge in [-0.2, -0.15) is 0 Å². The topological polar surface area (TPSA) is 42.9 Å². The van der Waals surface area contributed by atoms with Gasteiger partial charge in [0, 0.05) is 23.4 Å². The van der Waals surface area contributed by atoms with Crippen molar-refractivity contribution in [3.63, 3.8) is 0 Å². The minimum atomic E-state index is -0.0348. The van der Waals surface area contributed by atoms with Gasteiger partial charge in [0.2, 0.25) is 0 Å². The highest BCUT2D eigenvalue weighted by molar-refractivity contribution is 5.73. The minimum Gasteiger partial charge on any atom is -0.299 e. The lowest BCUT2D eigenvalue weighted by Crippen LogP contribution is -2.15. The lowest BCUT2D eigenvalue weighted by Gasteiger charge is -2.15. The molecule has 0 saturated heterocycles. The third-order valence-corrected chi connectivity index (χ3v) is 1.71. The quantitative estimate of drug-likeness (QED) is 0.529. The number of aldehydes is 1. The van der Waals surface area contributed by atoms with E-state index in [0.29, 0.717) is 0 Å². The van der Waals surface area contributed by atoms with E-state index in [0.717, 1.165) is 17.7 Å². The summed E-state index contributed by atoms with van der Waals surface area (Å²) in [4.78, 5) is 18.5. The van der Waals surface area contributed by atoms with Crippen LogP contribution in [0.25, 0.3) is 6.08 Å². The lowest BCUT2D eigenvalue weighted by atomic mass is 9.96. The van der Waals surface area contributed by atoms with E-state index in [4.69, 9.17) is 0 Å². The molecule has 1 heterocycles. The molecular weight excluding hydrogens is 176 g/mol. The van der Waals surface area contributed by atoms with E-state index < -0.39 is 0 Å². The van der Waals surface area contributed by atoms with Gasteiger partial charge in [-0.15, -0.1) is 0 Å². The summed E-state index contributed by atoms with van der Waals surface area (Å²) in [6.07, 6.45) is 7.27. The molecule has 0 aromatic carbocycles. The van der Waals surface area contributed by atoms with Crippen molar-refractivity contribution in [2.24, 2.45) is 0 Å². The normalized spacial score (nSPS) is 11.9. The fourth-order valence-electron chi connectivity index (χ4n) is 0.962. The van der Waals surface area contributed by atoms with Crippen LogP contribution in [0.3, 0.4) is 0 Å². The van der Waals surface area contributed by atoms with Crippen LogP contribution in [-0.2, 0) is 10.2 Å². The molecular formula is C11H14N2O. The smallest absolute Gasteiger partial charge is 0.142 e. The number of allylic oxidation sites excluding steroid dienone is 1. The molecule has 0 aliphatic carbocycles. The minimum absolute atomic E-state index is 0.0348. The maximum atomic E-state index is 10.1. The highest BCUT2D eigenvalue weighted by Crippen LogP contribution is 2.17. The monoisotopic (exact) mass is 190 g/mol. The van der Waals surface area contributed by atoms with E-state index in [1.54, 1.807) is 18.5 Å². The second-order valence-electron chi connectivity index (χ2n) is 4.09. The van der Waals surface area contributed by atoms with Crippen molar-refractivity contribution in [1.82, 2.24) is 9.97 Å². The number of nitrogens with zero attached hydrogens (tertiary/aromatic N) is 2. The molecule has 0 amide bonds. The molecule has 0 bridgehead atoms. The van der Waals surface area contributed by atoms with Crippen LogP contribution >= 0.6 is 0 Å². The van der Waals surface area contributed by atoms with Gasteiger partial charge in [0.15, 0.2) is 0 Å². The molecule has 0 unspecified atom stereocenters. The summed E-state index contributed by atoms with van der Waals surface area (Å²) in [7, 11) is 0. The van der Waals surface area contributed by atoms with Gasteiger partial charge >= 0.3 is 0 Å². The summed E-state index contributed by atoms with van der Waals surface area (Å²) in [6.45, 7) is 6.18. The fraction of sp³-hybridized carbons (Fsp3) is 0.364. The molecule has 0 atom stereocenters. The van der Waals surface area contributed by atoms with Gasteiger partial charge < -0.3 is 0 Å². The summed E-state index contributed by atoms with van der Waals surface area (Å²) < 4.78 is 0. The van der Waals surface area contributed by atoms with Gasteiger partial charge in [0.1, 0.15) is 12.1 Å². The molecule has 0 N–H and O–H groups in total. The predicted molar refractivity (Wildman–Crippen MR) is 55.8 cm³/mol. The van der Waals surface area contributed by atoms with E-state index in [1.165, 1.54) is 6.08 Å². The molecule has 3 nitrogen and oxygen atoms in total. The first-order valence-electron chi connectivity index (χ1n) is 4.48. The first-order valence-corrected chi connectivity index (χ1v) is 4.48. The number of carbonyl (C=O) groups excluding carboxylic acids is 1. The Morgan fingerprint density at radius 3 is 2.21 bits per heavy atom. The Kier molecular flexibility index (Phi) is 3.12. The highest BCUT2D eigenvalue weighted by Gasteiger charge is 2.16. The van der Waals surface area contributed by atoms with Crippen LogP contribution in [0.15, 0.2) is 18.5 Å². The van der Waals surface area contributed by atoms with Gasteiger partial charge in [-0.05, 0) is 12.2 Å². The zero-order valence-electron chi connectivity index (χ0n) is 8.69. The molecule has 0 radical (unpaired) electrons. The Bertz CT molecular complexity index is 333. The predicted octanol–water partition coefficient (Wildman–Crippen LogP) is 1.99. The molecule has 0 spiro atoms. The second-order valence-corrected chi connectivity index (χ2v) is 4.09. The van der Waals surface area contributed by atoms with Crippen molar-refractivity contribution in [3.8, 4) is 0 Å². The molecule has 1 aromatic heterocycles. The summed E-state index contributed by atoms with van der Waals surface area (Å²) in [5.41, 5.74) is 0.803. The second kappa shape index (κ2) is 4.13. The number of rotatable bonds is 2. The van der Waals surface area contributed by atoms with Crippen molar-refractivity contribution in [3.05, 3.63) is 29.9 Å². The maximum absolute atomic E-state index is 10.1. The maximum Gasteiger partial charge on any atom is 0.142 e. The average molecular weight is 190 g/mol. The molecule has 0 aliphatic heterocycles. The van der Waals surface area contributed by atoms with Crippen LogP contribution in [-0.4, -0.2) is 16.3 Å². The van der Waals surface area contributed by atoms with Crippen LogP contribution in [0, 0.1) is 0 Å². The van der Waals surface area contributed by atoms with E-state index in [-0.39, 0.29) is 5.41 Å². The van der Waals surface area contributed by atoms with Crippen molar-refractivity contribution in [2.75, 3.05) is 0 Å². The molecule has 1 aromatic rings. The van der Waals surface area contributed by atoms with Crippen LogP contribution in [0.4, 0.5) is 0 Å². The molecule has 14 heavy (non-hydrogen) atoms. The van der Waals surface area contributed by atoms with E-state index in [1.807, 2.05) is 0 Å². The zero-order valence-corrected chi connectivity index (χ0v) is 8.69. The van der Waals surface area contributed by atoms with Crippen LogP contribution in [0.5, 0.6) is 0 Å². The molecule has 0 fully saturated rings. The van der Waals surface area contributed by atoms with Gasteiger partial charge in [-0.1, -0.05) is 20.8 Å². The van der Waals surface area contributed by atoms with Gasteiger partial charge in [-0.25, -0.2) is 9.97 Å². The van der Waals surface area contributed by atoms with Gasteiger partial charge in [0.25, 0.3) is 0 Å². The Morgan fingerprint density at radius 2 is 1.79 bits per heavy atom. The standard InChI is InChI=1S/C11H14N2O/c1-11(2,3)10-12-7-9(8-13-10)5-4-6-14/h4-8H,1-3H3. The summed E-state index contributed by atoms with van der Waals surface area (Å²) in [5, 5.41) is 0. The largest absolute Gasteiger partial charge is 0.299 e. The Balaban J connectivity index is 2.89. The Morgan fingerprint density at radius 1 is 1.21 bits per heavy atom. The zero-order chi connectivity index (χ0) is 10.6.